The van der Waals surface area contributed by atoms with Crippen molar-refractivity contribution in [2.24, 2.45) is 10.9 Å². The summed E-state index contributed by atoms with van der Waals surface area (Å²) in [6, 6.07) is 0. The number of piperidine rings is 1. The lowest BCUT2D eigenvalue weighted by Crippen LogP contribution is -2.37. The molecule has 0 spiro atoms. The molecule has 0 bridgehead atoms. The van der Waals surface area contributed by atoms with Crippen molar-refractivity contribution >= 4 is 23.8 Å². The van der Waals surface area contributed by atoms with Gasteiger partial charge in [0.05, 0.1) is 18.9 Å². The van der Waals surface area contributed by atoms with Gasteiger partial charge in [0, 0.05) is 43.2 Å². The third kappa shape index (κ3) is 3.20. The normalized spacial score (nSPS) is 22.4. The van der Waals surface area contributed by atoms with Crippen molar-refractivity contribution in [1.82, 2.24) is 25.3 Å². The molecule has 1 atom stereocenters. The quantitative estimate of drug-likeness (QED) is 0.815. The number of hydrogen-bond donors (Lipinski definition) is 2. The van der Waals surface area contributed by atoms with Gasteiger partial charge >= 0.3 is 0 Å². The number of aromatic nitrogens is 4. The first-order chi connectivity index (χ1) is 13.8. The van der Waals surface area contributed by atoms with Gasteiger partial charge in [0.25, 0.3) is 0 Å². The highest BCUT2D eigenvalue weighted by atomic mass is 16.5. The summed E-state index contributed by atoms with van der Waals surface area (Å²) in [5, 5.41) is 3.44. The van der Waals surface area contributed by atoms with E-state index in [0.29, 0.717) is 19.1 Å². The zero-order valence-electron chi connectivity index (χ0n) is 15.7. The summed E-state index contributed by atoms with van der Waals surface area (Å²) in [5.74, 6) is 1.76. The van der Waals surface area contributed by atoms with Crippen molar-refractivity contribution in [2.45, 2.75) is 18.8 Å². The van der Waals surface area contributed by atoms with Crippen LogP contribution in [0, 0.1) is 5.92 Å². The SMILES string of the molecule is Nc1ncc(-c2nc(N3CCOCC3)nc3c2N=CC3C2CCNCC2)cn1. The number of nitrogens with two attached hydrogens (primary N) is 1. The van der Waals surface area contributed by atoms with Crippen molar-refractivity contribution in [3.63, 3.8) is 0 Å². The molecule has 0 aliphatic carbocycles. The molecule has 2 aromatic rings. The highest BCUT2D eigenvalue weighted by Gasteiger charge is 2.33. The maximum atomic E-state index is 5.67. The molecule has 2 aromatic heterocycles. The van der Waals surface area contributed by atoms with E-state index in [2.05, 4.69) is 26.4 Å². The molecule has 1 unspecified atom stereocenters. The van der Waals surface area contributed by atoms with Gasteiger partial charge in [-0.25, -0.2) is 19.9 Å². The number of morpholine rings is 1. The number of nitrogen functional groups attached to an aromatic ring is 1. The molecule has 3 N–H and O–H groups in total. The van der Waals surface area contributed by atoms with Crippen LogP contribution in [0.25, 0.3) is 11.3 Å². The van der Waals surface area contributed by atoms with E-state index >= 15 is 0 Å². The smallest absolute Gasteiger partial charge is 0.226 e. The molecule has 2 saturated heterocycles. The first-order valence-electron chi connectivity index (χ1n) is 9.87. The van der Waals surface area contributed by atoms with Crippen molar-refractivity contribution in [3.05, 3.63) is 18.1 Å². The second-order valence-electron chi connectivity index (χ2n) is 7.43. The highest BCUT2D eigenvalue weighted by molar-refractivity contribution is 5.87. The van der Waals surface area contributed by atoms with Gasteiger partial charge in [-0.3, -0.25) is 4.99 Å². The summed E-state index contributed by atoms with van der Waals surface area (Å²) in [6.45, 7) is 5.05. The van der Waals surface area contributed by atoms with Crippen LogP contribution in [0.5, 0.6) is 0 Å². The van der Waals surface area contributed by atoms with Crippen molar-refractivity contribution in [3.8, 4) is 11.3 Å². The van der Waals surface area contributed by atoms with E-state index in [1.54, 1.807) is 12.4 Å². The number of nitrogens with one attached hydrogen (secondary N) is 1. The predicted octanol–water partition coefficient (Wildman–Crippen LogP) is 1.15. The monoisotopic (exact) mass is 380 g/mol. The number of hydrogen-bond acceptors (Lipinski definition) is 9. The highest BCUT2D eigenvalue weighted by Crippen LogP contribution is 2.43. The molecule has 0 amide bonds. The van der Waals surface area contributed by atoms with E-state index in [0.717, 1.165) is 67.6 Å². The second kappa shape index (κ2) is 7.40. The van der Waals surface area contributed by atoms with E-state index in [1.165, 1.54) is 0 Å². The van der Waals surface area contributed by atoms with Gasteiger partial charge in [-0.15, -0.1) is 0 Å². The van der Waals surface area contributed by atoms with Gasteiger partial charge in [-0.05, 0) is 31.8 Å². The maximum Gasteiger partial charge on any atom is 0.226 e. The molecule has 3 aliphatic rings. The Kier molecular flexibility index (Phi) is 4.61. The third-order valence-electron chi connectivity index (χ3n) is 5.71. The van der Waals surface area contributed by atoms with E-state index in [4.69, 9.17) is 25.4 Å². The van der Waals surface area contributed by atoms with Crippen molar-refractivity contribution < 1.29 is 4.74 Å². The minimum atomic E-state index is 0.230. The van der Waals surface area contributed by atoms with Gasteiger partial charge < -0.3 is 20.7 Å². The van der Waals surface area contributed by atoms with Crippen LogP contribution in [0.15, 0.2) is 17.4 Å². The Bertz CT molecular complexity index is 872. The fourth-order valence-corrected chi connectivity index (χ4v) is 4.16. The number of rotatable bonds is 3. The van der Waals surface area contributed by atoms with Gasteiger partial charge in [-0.2, -0.15) is 0 Å². The minimum absolute atomic E-state index is 0.230. The molecule has 5 heterocycles. The van der Waals surface area contributed by atoms with E-state index < -0.39 is 0 Å². The Morgan fingerprint density at radius 3 is 2.57 bits per heavy atom. The van der Waals surface area contributed by atoms with Crippen LogP contribution in [0.1, 0.15) is 24.5 Å². The van der Waals surface area contributed by atoms with Crippen LogP contribution >= 0.6 is 0 Å². The molecule has 5 rings (SSSR count). The second-order valence-corrected chi connectivity index (χ2v) is 7.43. The van der Waals surface area contributed by atoms with Crippen LogP contribution < -0.4 is 16.0 Å². The predicted molar refractivity (Wildman–Crippen MR) is 107 cm³/mol. The lowest BCUT2D eigenvalue weighted by atomic mass is 9.84. The Balaban J connectivity index is 1.59. The van der Waals surface area contributed by atoms with Gasteiger partial charge in [-0.1, -0.05) is 0 Å². The average molecular weight is 380 g/mol. The maximum absolute atomic E-state index is 5.67. The number of ether oxygens (including phenoxy) is 1. The standard InChI is InChI=1S/C19H24N8O/c20-18-23-9-13(10-24-18)15-17-16(14(11-22-17)12-1-3-21-4-2-12)26-19(25-15)27-5-7-28-8-6-27/h9-12,14,21H,1-8H2,(H2,20,23,24). The van der Waals surface area contributed by atoms with E-state index in [1.807, 2.05) is 0 Å². The molecular weight excluding hydrogens is 356 g/mol. The largest absolute Gasteiger partial charge is 0.378 e. The summed E-state index contributed by atoms with van der Waals surface area (Å²) >= 11 is 0. The first-order valence-corrected chi connectivity index (χ1v) is 9.87. The Hall–Kier alpha value is -2.65. The molecule has 146 valence electrons. The lowest BCUT2D eigenvalue weighted by Gasteiger charge is -2.29. The van der Waals surface area contributed by atoms with Crippen LogP contribution in [0.4, 0.5) is 17.6 Å². The molecule has 0 saturated carbocycles. The third-order valence-corrected chi connectivity index (χ3v) is 5.71. The molecule has 0 aromatic carbocycles. The number of aliphatic imine (C=N–C) groups is 1. The average Bonchev–Trinajstić information content (AvgIpc) is 3.19. The summed E-state index contributed by atoms with van der Waals surface area (Å²) in [5.41, 5.74) is 9.12. The molecule has 0 radical (unpaired) electrons. The Morgan fingerprint density at radius 2 is 1.82 bits per heavy atom. The number of anilines is 2. The van der Waals surface area contributed by atoms with E-state index in [9.17, 15) is 0 Å². The summed E-state index contributed by atoms with van der Waals surface area (Å²) in [4.78, 5) is 25.1. The van der Waals surface area contributed by atoms with Crippen LogP contribution in [0.2, 0.25) is 0 Å². The molecule has 9 heteroatoms. The van der Waals surface area contributed by atoms with Crippen LogP contribution in [0.3, 0.4) is 0 Å². The molecule has 9 nitrogen and oxygen atoms in total. The topological polar surface area (TPSA) is 114 Å². The van der Waals surface area contributed by atoms with Crippen LogP contribution in [-0.2, 0) is 4.74 Å². The molecule has 3 aliphatic heterocycles. The molecule has 28 heavy (non-hydrogen) atoms. The summed E-state index contributed by atoms with van der Waals surface area (Å²) in [6.07, 6.45) is 7.74. The number of fused-ring (bicyclic) bond motifs is 1. The number of nitrogens with zero attached hydrogens (tertiary/aromatic N) is 6. The van der Waals surface area contributed by atoms with Crippen LogP contribution in [-0.4, -0.2) is 65.5 Å². The Labute approximate surface area is 163 Å². The van der Waals surface area contributed by atoms with Gasteiger partial charge in [0.15, 0.2) is 0 Å². The summed E-state index contributed by atoms with van der Waals surface area (Å²) in [7, 11) is 0. The fraction of sp³-hybridized carbons (Fsp3) is 0.526. The lowest BCUT2D eigenvalue weighted by molar-refractivity contribution is 0.122. The molecule has 2 fully saturated rings. The molecular formula is C19H24N8O. The van der Waals surface area contributed by atoms with Gasteiger partial charge in [0.1, 0.15) is 11.4 Å². The van der Waals surface area contributed by atoms with Gasteiger partial charge in [0.2, 0.25) is 11.9 Å². The summed E-state index contributed by atoms with van der Waals surface area (Å²) < 4.78 is 5.50. The zero-order chi connectivity index (χ0) is 18.9. The zero-order valence-corrected chi connectivity index (χ0v) is 15.7. The fourth-order valence-electron chi connectivity index (χ4n) is 4.16. The van der Waals surface area contributed by atoms with Crippen molar-refractivity contribution in [1.29, 1.82) is 0 Å². The Morgan fingerprint density at radius 1 is 1.07 bits per heavy atom. The minimum Gasteiger partial charge on any atom is -0.378 e. The van der Waals surface area contributed by atoms with Crippen molar-refractivity contribution in [2.75, 3.05) is 50.0 Å². The first kappa shape index (κ1) is 17.4. The van der Waals surface area contributed by atoms with E-state index in [-0.39, 0.29) is 11.9 Å².